The number of nitrogens with one attached hydrogen (secondary N) is 1. The van der Waals surface area contributed by atoms with Crippen molar-refractivity contribution in [3.63, 3.8) is 0 Å². The van der Waals surface area contributed by atoms with Crippen LogP contribution >= 0.6 is 15.9 Å². The van der Waals surface area contributed by atoms with Crippen LogP contribution in [-0.2, 0) is 20.1 Å². The SMILES string of the molecule is CC(C)(C)OC(=O)NC[C@H]1CCCN(S(=O)(=O)c2ccc(CBr)cc2)C1. The molecule has 1 amide bonds. The van der Waals surface area contributed by atoms with Gasteiger partial charge in [0.1, 0.15) is 5.60 Å². The van der Waals surface area contributed by atoms with Gasteiger partial charge in [-0.3, -0.25) is 0 Å². The smallest absolute Gasteiger partial charge is 0.407 e. The maximum absolute atomic E-state index is 12.9. The average molecular weight is 447 g/mol. The van der Waals surface area contributed by atoms with Gasteiger partial charge in [-0.1, -0.05) is 28.1 Å². The molecule has 146 valence electrons. The molecule has 1 saturated heterocycles. The summed E-state index contributed by atoms with van der Waals surface area (Å²) in [6.45, 7) is 6.74. The van der Waals surface area contributed by atoms with Crippen LogP contribution in [0.15, 0.2) is 29.2 Å². The number of ether oxygens (including phenoxy) is 1. The number of sulfonamides is 1. The van der Waals surface area contributed by atoms with Crippen LogP contribution < -0.4 is 5.32 Å². The van der Waals surface area contributed by atoms with E-state index in [2.05, 4.69) is 21.2 Å². The molecule has 1 aromatic rings. The molecular weight excluding hydrogens is 420 g/mol. The van der Waals surface area contributed by atoms with Crippen LogP contribution in [0.3, 0.4) is 0 Å². The molecule has 1 aliphatic heterocycles. The predicted octanol–water partition coefficient (Wildman–Crippen LogP) is 3.51. The van der Waals surface area contributed by atoms with E-state index in [0.29, 0.717) is 29.9 Å². The minimum atomic E-state index is -3.51. The van der Waals surface area contributed by atoms with Gasteiger partial charge >= 0.3 is 6.09 Å². The van der Waals surface area contributed by atoms with Crippen molar-refractivity contribution in [1.29, 1.82) is 0 Å². The maximum Gasteiger partial charge on any atom is 0.407 e. The fourth-order valence-corrected chi connectivity index (χ4v) is 4.78. The Balaban J connectivity index is 1.97. The van der Waals surface area contributed by atoms with Crippen LogP contribution in [-0.4, -0.2) is 44.1 Å². The Morgan fingerprint density at radius 3 is 2.54 bits per heavy atom. The van der Waals surface area contributed by atoms with Crippen LogP contribution in [0, 0.1) is 5.92 Å². The number of piperidine rings is 1. The molecule has 26 heavy (non-hydrogen) atoms. The van der Waals surface area contributed by atoms with E-state index in [4.69, 9.17) is 4.74 Å². The number of carbonyl (C=O) groups excluding carboxylic acids is 1. The van der Waals surface area contributed by atoms with Crippen LogP contribution in [0.5, 0.6) is 0 Å². The van der Waals surface area contributed by atoms with E-state index >= 15 is 0 Å². The van der Waals surface area contributed by atoms with Gasteiger partial charge in [-0.25, -0.2) is 13.2 Å². The molecule has 0 spiro atoms. The van der Waals surface area contributed by atoms with E-state index in [-0.39, 0.29) is 5.92 Å². The molecule has 1 fully saturated rings. The summed E-state index contributed by atoms with van der Waals surface area (Å²) in [4.78, 5) is 12.1. The van der Waals surface area contributed by atoms with Crippen molar-refractivity contribution in [3.8, 4) is 0 Å². The molecule has 1 aromatic carbocycles. The molecule has 0 aliphatic carbocycles. The van der Waals surface area contributed by atoms with Crippen LogP contribution in [0.25, 0.3) is 0 Å². The zero-order valence-corrected chi connectivity index (χ0v) is 17.9. The first-order valence-corrected chi connectivity index (χ1v) is 11.3. The summed E-state index contributed by atoms with van der Waals surface area (Å²) in [6.07, 6.45) is 1.19. The molecule has 1 atom stereocenters. The highest BCUT2D eigenvalue weighted by molar-refractivity contribution is 9.08. The first kappa shape index (κ1) is 21.2. The topological polar surface area (TPSA) is 75.7 Å². The molecule has 0 bridgehead atoms. The van der Waals surface area contributed by atoms with Crippen molar-refractivity contribution in [3.05, 3.63) is 29.8 Å². The zero-order chi connectivity index (χ0) is 19.4. The molecular formula is C18H27BrN2O4S. The van der Waals surface area contributed by atoms with Gasteiger partial charge in [0.05, 0.1) is 4.90 Å². The Labute approximate surface area is 164 Å². The second kappa shape index (κ2) is 8.71. The fraction of sp³-hybridized carbons (Fsp3) is 0.611. The normalized spacial score (nSPS) is 19.2. The van der Waals surface area contributed by atoms with E-state index in [0.717, 1.165) is 18.4 Å². The average Bonchev–Trinajstić information content (AvgIpc) is 2.59. The molecule has 0 radical (unpaired) electrons. The third kappa shape index (κ3) is 5.96. The van der Waals surface area contributed by atoms with Crippen LogP contribution in [0.2, 0.25) is 0 Å². The van der Waals surface area contributed by atoms with Crippen molar-refractivity contribution in [2.75, 3.05) is 19.6 Å². The highest BCUT2D eigenvalue weighted by Crippen LogP contribution is 2.24. The van der Waals surface area contributed by atoms with Crippen molar-refractivity contribution in [2.24, 2.45) is 5.92 Å². The van der Waals surface area contributed by atoms with Gasteiger partial charge < -0.3 is 10.1 Å². The first-order chi connectivity index (χ1) is 12.1. The van der Waals surface area contributed by atoms with Crippen molar-refractivity contribution < 1.29 is 17.9 Å². The summed E-state index contributed by atoms with van der Waals surface area (Å²) in [5.41, 5.74) is 0.481. The highest BCUT2D eigenvalue weighted by Gasteiger charge is 2.30. The van der Waals surface area contributed by atoms with E-state index in [1.165, 1.54) is 4.31 Å². The number of carbonyl (C=O) groups is 1. The fourth-order valence-electron chi connectivity index (χ4n) is 2.85. The molecule has 6 nitrogen and oxygen atoms in total. The number of rotatable bonds is 5. The van der Waals surface area contributed by atoms with Gasteiger partial charge in [0.15, 0.2) is 0 Å². The van der Waals surface area contributed by atoms with Crippen LogP contribution in [0.1, 0.15) is 39.2 Å². The van der Waals surface area contributed by atoms with Crippen molar-refractivity contribution in [2.45, 2.75) is 49.4 Å². The van der Waals surface area contributed by atoms with Crippen molar-refractivity contribution in [1.82, 2.24) is 9.62 Å². The van der Waals surface area contributed by atoms with Crippen molar-refractivity contribution >= 4 is 32.0 Å². The lowest BCUT2D eigenvalue weighted by atomic mass is 10.00. The van der Waals surface area contributed by atoms with E-state index in [9.17, 15) is 13.2 Å². The number of halogens is 1. The van der Waals surface area contributed by atoms with Gasteiger partial charge in [-0.2, -0.15) is 4.31 Å². The minimum absolute atomic E-state index is 0.0767. The molecule has 1 aliphatic rings. The van der Waals surface area contributed by atoms with Gasteiger partial charge in [0.25, 0.3) is 0 Å². The second-order valence-electron chi connectivity index (χ2n) is 7.53. The molecule has 8 heteroatoms. The molecule has 0 saturated carbocycles. The second-order valence-corrected chi connectivity index (χ2v) is 10.0. The van der Waals surface area contributed by atoms with Gasteiger partial charge in [-0.05, 0) is 57.2 Å². The Morgan fingerprint density at radius 1 is 1.31 bits per heavy atom. The zero-order valence-electron chi connectivity index (χ0n) is 15.5. The summed E-state index contributed by atoms with van der Waals surface area (Å²) < 4.78 is 32.5. The summed E-state index contributed by atoms with van der Waals surface area (Å²) in [5, 5.41) is 3.44. The Morgan fingerprint density at radius 2 is 1.96 bits per heavy atom. The van der Waals surface area contributed by atoms with Gasteiger partial charge in [-0.15, -0.1) is 0 Å². The molecule has 1 N–H and O–H groups in total. The number of amides is 1. The quantitative estimate of drug-likeness (QED) is 0.701. The Bertz CT molecular complexity index is 714. The number of alkyl carbamates (subject to hydrolysis) is 1. The first-order valence-electron chi connectivity index (χ1n) is 8.74. The van der Waals surface area contributed by atoms with E-state index in [1.807, 2.05) is 32.9 Å². The Hall–Kier alpha value is -1.12. The summed E-state index contributed by atoms with van der Waals surface area (Å²) in [6, 6.07) is 6.92. The molecule has 1 heterocycles. The molecule has 0 unspecified atom stereocenters. The van der Waals surface area contributed by atoms with Gasteiger partial charge in [0.2, 0.25) is 10.0 Å². The van der Waals surface area contributed by atoms with E-state index < -0.39 is 21.7 Å². The minimum Gasteiger partial charge on any atom is -0.444 e. The lowest BCUT2D eigenvalue weighted by molar-refractivity contribution is 0.0513. The lowest BCUT2D eigenvalue weighted by Crippen LogP contribution is -2.44. The third-order valence-electron chi connectivity index (χ3n) is 4.13. The van der Waals surface area contributed by atoms with Gasteiger partial charge in [0, 0.05) is 25.0 Å². The number of alkyl halides is 1. The monoisotopic (exact) mass is 446 g/mol. The summed E-state index contributed by atoms with van der Waals surface area (Å²) in [5.74, 6) is 0.0767. The number of nitrogens with zero attached hydrogens (tertiary/aromatic N) is 1. The summed E-state index contributed by atoms with van der Waals surface area (Å²) in [7, 11) is -3.51. The largest absolute Gasteiger partial charge is 0.444 e. The lowest BCUT2D eigenvalue weighted by Gasteiger charge is -2.32. The standard InChI is InChI=1S/C18H27BrN2O4S/c1-18(2,3)25-17(22)20-12-15-5-4-10-21(13-15)26(23,24)16-8-6-14(11-19)7-9-16/h6-9,15H,4-5,10-13H2,1-3H3,(H,20,22)/t15-/m1/s1. The number of hydrogen-bond donors (Lipinski definition) is 1. The predicted molar refractivity (Wildman–Crippen MR) is 105 cm³/mol. The number of benzene rings is 1. The summed E-state index contributed by atoms with van der Waals surface area (Å²) >= 11 is 3.36. The molecule has 2 rings (SSSR count). The number of hydrogen-bond acceptors (Lipinski definition) is 4. The highest BCUT2D eigenvalue weighted by atomic mass is 79.9. The Kier molecular flexibility index (Phi) is 7.10. The van der Waals surface area contributed by atoms with E-state index in [1.54, 1.807) is 12.1 Å². The third-order valence-corrected chi connectivity index (χ3v) is 6.66. The molecule has 0 aromatic heterocycles. The van der Waals surface area contributed by atoms with Crippen LogP contribution in [0.4, 0.5) is 4.79 Å². The maximum atomic E-state index is 12.9.